The van der Waals surface area contributed by atoms with Gasteiger partial charge < -0.3 is 9.47 Å². The highest BCUT2D eigenvalue weighted by Gasteiger charge is 2.25. The van der Waals surface area contributed by atoms with Gasteiger partial charge in [-0.3, -0.25) is 14.9 Å². The second-order valence-corrected chi connectivity index (χ2v) is 9.97. The molecule has 1 aromatic heterocycles. The van der Waals surface area contributed by atoms with E-state index in [1.54, 1.807) is 32.9 Å². The zero-order valence-corrected chi connectivity index (χ0v) is 22.2. The Hall–Kier alpha value is -3.27. The van der Waals surface area contributed by atoms with E-state index in [1.807, 2.05) is 12.1 Å². The van der Waals surface area contributed by atoms with Crippen molar-refractivity contribution in [2.75, 3.05) is 6.61 Å². The molecule has 9 nitrogen and oxygen atoms in total. The molecule has 10 heteroatoms. The molecule has 1 aliphatic rings. The summed E-state index contributed by atoms with van der Waals surface area (Å²) in [6, 6.07) is 8.43. The van der Waals surface area contributed by atoms with E-state index in [2.05, 4.69) is 21.0 Å². The van der Waals surface area contributed by atoms with Crippen molar-refractivity contribution < 1.29 is 14.4 Å². The number of fused-ring (bicyclic) bond motifs is 1. The Kier molecular flexibility index (Phi) is 8.03. The van der Waals surface area contributed by atoms with E-state index in [1.165, 1.54) is 23.4 Å². The summed E-state index contributed by atoms with van der Waals surface area (Å²) < 4.78 is 13.5. The van der Waals surface area contributed by atoms with Crippen LogP contribution in [0.2, 0.25) is 0 Å². The molecule has 0 unspecified atom stereocenters. The van der Waals surface area contributed by atoms with Crippen LogP contribution < -0.4 is 15.0 Å². The van der Waals surface area contributed by atoms with Crippen LogP contribution in [0.1, 0.15) is 70.2 Å². The smallest absolute Gasteiger partial charge is 0.315 e. The Labute approximate surface area is 217 Å². The molecular weight excluding hydrogens is 528 g/mol. The van der Waals surface area contributed by atoms with Crippen molar-refractivity contribution in [2.24, 2.45) is 5.10 Å². The van der Waals surface area contributed by atoms with E-state index in [4.69, 9.17) is 14.5 Å². The number of halogens is 1. The number of nitrogens with zero attached hydrogens (tertiary/aromatic N) is 4. The standard InChI is InChI=1S/C26H29BrN4O5/c1-4-35-23-13-17(12-22(31(33)34)24(23)36-16(2)3)15-28-30-25(18-8-6-5-7-9-18)29-21-11-10-19(27)14-20(21)26(30)32/h10-16,18H,4-9H2,1-3H3. The molecule has 0 atom stereocenters. The van der Waals surface area contributed by atoms with E-state index in [9.17, 15) is 14.9 Å². The van der Waals surface area contributed by atoms with Crippen molar-refractivity contribution in [1.82, 2.24) is 9.66 Å². The molecule has 0 aliphatic heterocycles. The molecule has 1 aliphatic carbocycles. The molecule has 4 rings (SSSR count). The van der Waals surface area contributed by atoms with Crippen LogP contribution in [0.25, 0.3) is 10.9 Å². The van der Waals surface area contributed by atoms with Gasteiger partial charge in [0.25, 0.3) is 5.56 Å². The maximum absolute atomic E-state index is 13.5. The largest absolute Gasteiger partial charge is 0.490 e. The van der Waals surface area contributed by atoms with Gasteiger partial charge in [-0.2, -0.15) is 9.78 Å². The molecule has 36 heavy (non-hydrogen) atoms. The average molecular weight is 557 g/mol. The van der Waals surface area contributed by atoms with Crippen LogP contribution in [0.5, 0.6) is 11.5 Å². The number of ether oxygens (including phenoxy) is 2. The lowest BCUT2D eigenvalue weighted by Gasteiger charge is -2.22. The lowest BCUT2D eigenvalue weighted by atomic mass is 9.88. The summed E-state index contributed by atoms with van der Waals surface area (Å²) in [5.41, 5.74) is 0.533. The van der Waals surface area contributed by atoms with Gasteiger partial charge >= 0.3 is 5.69 Å². The van der Waals surface area contributed by atoms with Crippen molar-refractivity contribution in [3.8, 4) is 11.5 Å². The van der Waals surface area contributed by atoms with Crippen LogP contribution in [0, 0.1) is 10.1 Å². The summed E-state index contributed by atoms with van der Waals surface area (Å²) in [7, 11) is 0. The molecule has 190 valence electrons. The normalized spacial score (nSPS) is 14.6. The van der Waals surface area contributed by atoms with Gasteiger partial charge in [-0.1, -0.05) is 35.2 Å². The fraction of sp³-hybridized carbons (Fsp3) is 0.423. The molecule has 2 aromatic carbocycles. The predicted octanol–water partition coefficient (Wildman–Crippen LogP) is 6.18. The van der Waals surface area contributed by atoms with Crippen molar-refractivity contribution in [2.45, 2.75) is 64.9 Å². The number of nitro groups is 1. The highest BCUT2D eigenvalue weighted by molar-refractivity contribution is 9.10. The minimum absolute atomic E-state index is 0.0753. The predicted molar refractivity (Wildman–Crippen MR) is 143 cm³/mol. The van der Waals surface area contributed by atoms with Crippen molar-refractivity contribution in [3.05, 3.63) is 66.7 Å². The summed E-state index contributed by atoms with van der Waals surface area (Å²) in [5, 5.41) is 16.8. The first-order chi connectivity index (χ1) is 17.3. The Balaban J connectivity index is 1.85. The summed E-state index contributed by atoms with van der Waals surface area (Å²) >= 11 is 3.43. The Morgan fingerprint density at radius 1 is 1.25 bits per heavy atom. The van der Waals surface area contributed by atoms with Crippen LogP contribution in [-0.2, 0) is 0 Å². The third-order valence-corrected chi connectivity index (χ3v) is 6.53. The summed E-state index contributed by atoms with van der Waals surface area (Å²) in [4.78, 5) is 29.7. The molecule has 0 N–H and O–H groups in total. The Morgan fingerprint density at radius 2 is 2.00 bits per heavy atom. The molecule has 0 saturated heterocycles. The van der Waals surface area contributed by atoms with Gasteiger partial charge in [-0.15, -0.1) is 0 Å². The quantitative estimate of drug-likeness (QED) is 0.186. The van der Waals surface area contributed by atoms with Gasteiger partial charge in [-0.25, -0.2) is 4.98 Å². The molecule has 1 fully saturated rings. The highest BCUT2D eigenvalue weighted by Crippen LogP contribution is 2.39. The first-order valence-corrected chi connectivity index (χ1v) is 13.0. The molecule has 0 spiro atoms. The molecule has 1 saturated carbocycles. The lowest BCUT2D eigenvalue weighted by Crippen LogP contribution is -2.25. The second kappa shape index (κ2) is 11.2. The van der Waals surface area contributed by atoms with Crippen LogP contribution in [0.15, 0.2) is 44.7 Å². The first-order valence-electron chi connectivity index (χ1n) is 12.2. The molecular formula is C26H29BrN4O5. The minimum Gasteiger partial charge on any atom is -0.490 e. The van der Waals surface area contributed by atoms with E-state index in [0.717, 1.165) is 30.2 Å². The summed E-state index contributed by atoms with van der Waals surface area (Å²) in [5.74, 6) is 1.06. The monoisotopic (exact) mass is 556 g/mol. The zero-order chi connectivity index (χ0) is 25.8. The van der Waals surface area contributed by atoms with Gasteiger partial charge in [0.15, 0.2) is 5.75 Å². The van der Waals surface area contributed by atoms with Crippen LogP contribution in [0.3, 0.4) is 0 Å². The third kappa shape index (κ3) is 5.59. The summed E-state index contributed by atoms with van der Waals surface area (Å²) in [6.07, 6.45) is 6.35. The number of hydrogen-bond donors (Lipinski definition) is 0. The fourth-order valence-corrected chi connectivity index (χ4v) is 4.82. The fourth-order valence-electron chi connectivity index (χ4n) is 4.46. The Bertz CT molecular complexity index is 1360. The van der Waals surface area contributed by atoms with Gasteiger partial charge in [0.2, 0.25) is 5.75 Å². The lowest BCUT2D eigenvalue weighted by molar-refractivity contribution is -0.386. The maximum atomic E-state index is 13.5. The molecule has 1 heterocycles. The molecule has 3 aromatic rings. The number of nitro benzene ring substituents is 1. The van der Waals surface area contributed by atoms with E-state index < -0.39 is 4.92 Å². The van der Waals surface area contributed by atoms with Crippen molar-refractivity contribution in [3.63, 3.8) is 0 Å². The van der Waals surface area contributed by atoms with E-state index in [-0.39, 0.29) is 34.8 Å². The van der Waals surface area contributed by atoms with E-state index in [0.29, 0.717) is 28.9 Å². The number of aromatic nitrogens is 2. The number of rotatable bonds is 8. The number of hydrogen-bond acceptors (Lipinski definition) is 7. The minimum atomic E-state index is -0.508. The van der Waals surface area contributed by atoms with Crippen LogP contribution >= 0.6 is 15.9 Å². The SMILES string of the molecule is CCOc1cc(C=Nn2c(C3CCCCC3)nc3ccc(Br)cc3c2=O)cc([N+](=O)[O-])c1OC(C)C. The van der Waals surface area contributed by atoms with Crippen LogP contribution in [0.4, 0.5) is 5.69 Å². The second-order valence-electron chi connectivity index (χ2n) is 9.05. The first kappa shape index (κ1) is 25.8. The zero-order valence-electron chi connectivity index (χ0n) is 20.6. The third-order valence-electron chi connectivity index (χ3n) is 6.03. The molecule has 0 radical (unpaired) electrons. The Morgan fingerprint density at radius 3 is 2.67 bits per heavy atom. The van der Waals surface area contributed by atoms with Crippen molar-refractivity contribution in [1.29, 1.82) is 0 Å². The van der Waals surface area contributed by atoms with Gasteiger partial charge in [0, 0.05) is 22.0 Å². The maximum Gasteiger partial charge on any atom is 0.315 e. The van der Waals surface area contributed by atoms with Crippen LogP contribution in [-0.4, -0.2) is 33.5 Å². The van der Waals surface area contributed by atoms with E-state index >= 15 is 0 Å². The van der Waals surface area contributed by atoms with Gasteiger partial charge in [0.05, 0.1) is 34.8 Å². The summed E-state index contributed by atoms with van der Waals surface area (Å²) in [6.45, 7) is 5.68. The van der Waals surface area contributed by atoms with Gasteiger partial charge in [-0.05, 0) is 57.9 Å². The number of benzene rings is 2. The topological polar surface area (TPSA) is 109 Å². The molecule has 0 amide bonds. The molecule has 0 bridgehead atoms. The highest BCUT2D eigenvalue weighted by atomic mass is 79.9. The van der Waals surface area contributed by atoms with Crippen molar-refractivity contribution >= 4 is 38.7 Å². The average Bonchev–Trinajstić information content (AvgIpc) is 2.85. The van der Waals surface area contributed by atoms with Gasteiger partial charge in [0.1, 0.15) is 5.82 Å².